The minimum atomic E-state index is -1.07. The van der Waals surface area contributed by atoms with Gasteiger partial charge in [-0.05, 0) is 74.4 Å². The van der Waals surface area contributed by atoms with E-state index in [1.165, 1.54) is 5.56 Å². The molecule has 3 heterocycles. The topological polar surface area (TPSA) is 63.7 Å². The van der Waals surface area contributed by atoms with Crippen molar-refractivity contribution in [3.8, 4) is 11.5 Å². The molecular formula is C31H29N3O3. The van der Waals surface area contributed by atoms with Gasteiger partial charge in [0.15, 0.2) is 5.60 Å². The highest BCUT2D eigenvalue weighted by Gasteiger charge is 2.53. The Morgan fingerprint density at radius 1 is 0.865 bits per heavy atom. The molecule has 1 aromatic heterocycles. The summed E-state index contributed by atoms with van der Waals surface area (Å²) in [5, 5.41) is 3.52. The van der Waals surface area contributed by atoms with Crippen LogP contribution in [0.15, 0.2) is 85.2 Å². The maximum atomic E-state index is 13.1. The summed E-state index contributed by atoms with van der Waals surface area (Å²) in [7, 11) is 0. The van der Waals surface area contributed by atoms with Gasteiger partial charge in [0.05, 0.1) is 5.56 Å². The Kier molecular flexibility index (Phi) is 5.80. The highest BCUT2D eigenvalue weighted by molar-refractivity contribution is 5.97. The number of pyridine rings is 1. The van der Waals surface area contributed by atoms with Gasteiger partial charge in [-0.1, -0.05) is 18.2 Å². The number of fused-ring (bicyclic) bond motifs is 6. The van der Waals surface area contributed by atoms with Gasteiger partial charge < -0.3 is 19.7 Å². The van der Waals surface area contributed by atoms with Crippen molar-refractivity contribution in [3.63, 3.8) is 0 Å². The summed E-state index contributed by atoms with van der Waals surface area (Å²) in [4.78, 5) is 19.5. The summed E-state index contributed by atoms with van der Waals surface area (Å²) in [5.41, 5.74) is 5.26. The molecule has 2 aliphatic heterocycles. The first-order valence-corrected chi connectivity index (χ1v) is 12.8. The molecule has 1 unspecified atom stereocenters. The molecule has 1 spiro atoms. The van der Waals surface area contributed by atoms with E-state index in [-0.39, 0.29) is 5.97 Å². The molecule has 37 heavy (non-hydrogen) atoms. The van der Waals surface area contributed by atoms with Crippen molar-refractivity contribution >= 4 is 17.3 Å². The van der Waals surface area contributed by atoms with E-state index < -0.39 is 5.60 Å². The van der Waals surface area contributed by atoms with E-state index in [1.54, 1.807) is 0 Å². The molecule has 0 bridgehead atoms. The van der Waals surface area contributed by atoms with Crippen LogP contribution in [0.5, 0.6) is 11.5 Å². The van der Waals surface area contributed by atoms with Crippen LogP contribution in [0.25, 0.3) is 0 Å². The Labute approximate surface area is 216 Å². The van der Waals surface area contributed by atoms with Gasteiger partial charge in [0, 0.05) is 66.2 Å². The number of hydrogen-bond acceptors (Lipinski definition) is 6. The fraction of sp³-hybridized carbons (Fsp3) is 0.226. The van der Waals surface area contributed by atoms with E-state index in [9.17, 15) is 4.79 Å². The molecule has 6 rings (SSSR count). The Hall–Kier alpha value is -4.32. The average molecular weight is 492 g/mol. The van der Waals surface area contributed by atoms with E-state index in [0.29, 0.717) is 17.1 Å². The zero-order valence-corrected chi connectivity index (χ0v) is 21.0. The van der Waals surface area contributed by atoms with Crippen LogP contribution in [-0.2, 0) is 16.8 Å². The van der Waals surface area contributed by atoms with Crippen molar-refractivity contribution < 1.29 is 14.3 Å². The Morgan fingerprint density at radius 3 is 2.49 bits per heavy atom. The maximum Gasteiger partial charge on any atom is 0.340 e. The molecule has 1 atom stereocenters. The standard InChI is InChI=1S/C31H29N3O3/c1-3-34(4-2)23-10-11-26-29(20-23)36-28-12-9-22(33-18-15-21-13-16-32-17-14-21)19-27(28)31(26)25-8-6-5-7-24(25)30(35)37-31/h5-14,16-17,19-20,33H,3-4,15,18H2,1-2H3. The minimum absolute atomic E-state index is 0.321. The highest BCUT2D eigenvalue weighted by Crippen LogP contribution is 2.56. The second-order valence-electron chi connectivity index (χ2n) is 9.31. The quantitative estimate of drug-likeness (QED) is 0.313. The van der Waals surface area contributed by atoms with Gasteiger partial charge in [0.1, 0.15) is 11.5 Å². The third kappa shape index (κ3) is 3.80. The third-order valence-corrected chi connectivity index (χ3v) is 7.32. The smallest absolute Gasteiger partial charge is 0.340 e. The van der Waals surface area contributed by atoms with Crippen LogP contribution in [0.2, 0.25) is 0 Å². The molecule has 3 aromatic carbocycles. The zero-order chi connectivity index (χ0) is 25.4. The Morgan fingerprint density at radius 2 is 1.68 bits per heavy atom. The number of esters is 1. The lowest BCUT2D eigenvalue weighted by Gasteiger charge is -2.37. The number of nitrogens with one attached hydrogen (secondary N) is 1. The molecule has 6 nitrogen and oxygen atoms in total. The Balaban J connectivity index is 1.44. The predicted molar refractivity (Wildman–Crippen MR) is 145 cm³/mol. The monoisotopic (exact) mass is 491 g/mol. The van der Waals surface area contributed by atoms with Crippen molar-refractivity contribution in [2.24, 2.45) is 0 Å². The van der Waals surface area contributed by atoms with E-state index in [4.69, 9.17) is 9.47 Å². The van der Waals surface area contributed by atoms with E-state index in [2.05, 4.69) is 47.2 Å². The summed E-state index contributed by atoms with van der Waals surface area (Å²) in [6, 6.07) is 23.9. The lowest BCUT2D eigenvalue weighted by atomic mass is 9.77. The number of hydrogen-bond donors (Lipinski definition) is 1. The fourth-order valence-electron chi connectivity index (χ4n) is 5.46. The van der Waals surface area contributed by atoms with E-state index >= 15 is 0 Å². The average Bonchev–Trinajstić information content (AvgIpc) is 3.23. The summed E-state index contributed by atoms with van der Waals surface area (Å²) in [6.07, 6.45) is 4.49. The van der Waals surface area contributed by atoms with Crippen LogP contribution in [-0.4, -0.2) is 30.6 Å². The first-order valence-electron chi connectivity index (χ1n) is 12.8. The van der Waals surface area contributed by atoms with Gasteiger partial charge in [-0.3, -0.25) is 4.98 Å². The SMILES string of the molecule is CCN(CC)c1ccc2c(c1)Oc1ccc(NCCc3ccncc3)cc1C21OC(=O)c2ccccc21. The van der Waals surface area contributed by atoms with Crippen molar-refractivity contribution in [2.45, 2.75) is 25.9 Å². The molecule has 6 heteroatoms. The van der Waals surface area contributed by atoms with Crippen LogP contribution >= 0.6 is 0 Å². The first kappa shape index (κ1) is 23.1. The molecular weight excluding hydrogens is 462 g/mol. The van der Waals surface area contributed by atoms with Gasteiger partial charge in [0.2, 0.25) is 0 Å². The van der Waals surface area contributed by atoms with E-state index in [0.717, 1.165) is 54.1 Å². The van der Waals surface area contributed by atoms with Crippen molar-refractivity contribution in [3.05, 3.63) is 113 Å². The molecule has 0 radical (unpaired) electrons. The second-order valence-corrected chi connectivity index (χ2v) is 9.31. The number of nitrogens with zero attached hydrogens (tertiary/aromatic N) is 2. The molecule has 0 saturated heterocycles. The van der Waals surface area contributed by atoms with Crippen LogP contribution in [0.4, 0.5) is 11.4 Å². The molecule has 0 saturated carbocycles. The van der Waals surface area contributed by atoms with Crippen LogP contribution < -0.4 is 15.0 Å². The fourth-order valence-corrected chi connectivity index (χ4v) is 5.46. The largest absolute Gasteiger partial charge is 0.456 e. The second kappa shape index (κ2) is 9.28. The molecule has 0 fully saturated rings. The van der Waals surface area contributed by atoms with Gasteiger partial charge in [-0.15, -0.1) is 0 Å². The number of aromatic nitrogens is 1. The predicted octanol–water partition coefficient (Wildman–Crippen LogP) is 6.15. The normalized spacial score (nSPS) is 16.9. The number of carbonyl (C=O) groups excluding carboxylic acids is 1. The summed E-state index contributed by atoms with van der Waals surface area (Å²) in [6.45, 7) is 6.82. The first-order chi connectivity index (χ1) is 18.1. The van der Waals surface area contributed by atoms with Gasteiger partial charge in [-0.25, -0.2) is 4.79 Å². The van der Waals surface area contributed by atoms with Gasteiger partial charge in [-0.2, -0.15) is 0 Å². The summed E-state index contributed by atoms with van der Waals surface area (Å²) in [5.74, 6) is 1.08. The van der Waals surface area contributed by atoms with Crippen LogP contribution in [0, 0.1) is 0 Å². The number of benzene rings is 3. The molecule has 4 aromatic rings. The molecule has 186 valence electrons. The highest BCUT2D eigenvalue weighted by atomic mass is 16.6. The number of rotatable bonds is 7. The lowest BCUT2D eigenvalue weighted by molar-refractivity contribution is 0.0224. The molecule has 1 N–H and O–H groups in total. The number of ether oxygens (including phenoxy) is 2. The van der Waals surface area contributed by atoms with Crippen LogP contribution in [0.1, 0.15) is 46.5 Å². The van der Waals surface area contributed by atoms with Crippen LogP contribution in [0.3, 0.4) is 0 Å². The third-order valence-electron chi connectivity index (χ3n) is 7.32. The van der Waals surface area contributed by atoms with Crippen molar-refractivity contribution in [1.82, 2.24) is 4.98 Å². The van der Waals surface area contributed by atoms with Crippen molar-refractivity contribution in [1.29, 1.82) is 0 Å². The summed E-state index contributed by atoms with van der Waals surface area (Å²) >= 11 is 0. The molecule has 0 aliphatic carbocycles. The van der Waals surface area contributed by atoms with E-state index in [1.807, 2.05) is 67.0 Å². The lowest BCUT2D eigenvalue weighted by Crippen LogP contribution is -2.33. The number of carbonyl (C=O) groups is 1. The van der Waals surface area contributed by atoms with Gasteiger partial charge in [0.25, 0.3) is 0 Å². The van der Waals surface area contributed by atoms with Gasteiger partial charge >= 0.3 is 5.97 Å². The number of anilines is 2. The Bertz CT molecular complexity index is 1470. The minimum Gasteiger partial charge on any atom is -0.456 e. The molecule has 2 aliphatic rings. The maximum absolute atomic E-state index is 13.1. The van der Waals surface area contributed by atoms with Crippen molar-refractivity contribution in [2.75, 3.05) is 29.9 Å². The summed E-state index contributed by atoms with van der Waals surface area (Å²) < 4.78 is 12.8. The zero-order valence-electron chi connectivity index (χ0n) is 21.0. The molecule has 0 amide bonds.